The molecule has 0 saturated heterocycles. The van der Waals surface area contributed by atoms with Crippen molar-refractivity contribution < 1.29 is 9.32 Å². The standard InChI is InChI=1S/C15H17ClN2O2/c16-10-15(7-3-4-8-15)17-14(19)9-12-11-5-1-2-6-13(11)20-18-12/h1-2,5-6H,3-4,7-10H2,(H,17,19). The highest BCUT2D eigenvalue weighted by Crippen LogP contribution is 2.30. The minimum Gasteiger partial charge on any atom is -0.356 e. The summed E-state index contributed by atoms with van der Waals surface area (Å²) in [5.41, 5.74) is 1.17. The summed E-state index contributed by atoms with van der Waals surface area (Å²) in [6.45, 7) is 0. The molecule has 1 fully saturated rings. The van der Waals surface area contributed by atoms with Crippen molar-refractivity contribution in [3.8, 4) is 0 Å². The molecule has 1 amide bonds. The molecular weight excluding hydrogens is 276 g/mol. The normalized spacial score (nSPS) is 17.4. The van der Waals surface area contributed by atoms with Gasteiger partial charge in [0, 0.05) is 11.3 Å². The smallest absolute Gasteiger partial charge is 0.226 e. The summed E-state index contributed by atoms with van der Waals surface area (Å²) < 4.78 is 5.22. The maximum Gasteiger partial charge on any atom is 0.226 e. The number of hydrogen-bond acceptors (Lipinski definition) is 3. The van der Waals surface area contributed by atoms with Crippen LogP contribution in [-0.2, 0) is 11.2 Å². The van der Waals surface area contributed by atoms with Gasteiger partial charge in [0.1, 0.15) is 5.69 Å². The first-order valence-corrected chi connectivity index (χ1v) is 7.46. The van der Waals surface area contributed by atoms with Gasteiger partial charge in [-0.1, -0.05) is 30.1 Å². The lowest BCUT2D eigenvalue weighted by Gasteiger charge is -2.27. The van der Waals surface area contributed by atoms with Crippen molar-refractivity contribution in [2.45, 2.75) is 37.6 Å². The number of rotatable bonds is 4. The first-order chi connectivity index (χ1) is 9.72. The lowest BCUT2D eigenvalue weighted by atomic mass is 10.00. The van der Waals surface area contributed by atoms with E-state index in [1.54, 1.807) is 0 Å². The molecule has 1 aliphatic rings. The number of para-hydroxylation sites is 1. The number of nitrogens with one attached hydrogen (secondary N) is 1. The number of fused-ring (bicyclic) bond motifs is 1. The zero-order valence-corrected chi connectivity index (χ0v) is 11.9. The SMILES string of the molecule is O=C(Cc1noc2ccccc12)NC1(CCl)CCCC1. The van der Waals surface area contributed by atoms with E-state index in [-0.39, 0.29) is 17.9 Å². The molecule has 1 heterocycles. The topological polar surface area (TPSA) is 55.1 Å². The number of carbonyl (C=O) groups is 1. The van der Waals surface area contributed by atoms with Crippen LogP contribution in [0.5, 0.6) is 0 Å². The number of aromatic nitrogens is 1. The van der Waals surface area contributed by atoms with Crippen molar-refractivity contribution in [1.29, 1.82) is 0 Å². The van der Waals surface area contributed by atoms with Crippen molar-refractivity contribution in [2.75, 3.05) is 5.88 Å². The van der Waals surface area contributed by atoms with Crippen LogP contribution in [0.15, 0.2) is 28.8 Å². The van der Waals surface area contributed by atoms with Crippen LogP contribution in [0.2, 0.25) is 0 Å². The minimum atomic E-state index is -0.224. The van der Waals surface area contributed by atoms with Crippen molar-refractivity contribution >= 4 is 28.5 Å². The maximum absolute atomic E-state index is 12.2. The second-order valence-electron chi connectivity index (χ2n) is 5.47. The Labute approximate surface area is 122 Å². The van der Waals surface area contributed by atoms with Gasteiger partial charge < -0.3 is 9.84 Å². The highest BCUT2D eigenvalue weighted by Gasteiger charge is 2.34. The quantitative estimate of drug-likeness (QED) is 0.881. The molecular formula is C15H17ClN2O2. The van der Waals surface area contributed by atoms with Crippen molar-refractivity contribution in [3.05, 3.63) is 30.0 Å². The summed E-state index contributed by atoms with van der Waals surface area (Å²) in [5.74, 6) is 0.435. The Kier molecular flexibility index (Phi) is 3.66. The predicted octanol–water partition coefficient (Wildman–Crippen LogP) is 3.04. The van der Waals surface area contributed by atoms with Crippen molar-refractivity contribution in [2.24, 2.45) is 0 Å². The molecule has 0 radical (unpaired) electrons. The summed E-state index contributed by atoms with van der Waals surface area (Å²) in [7, 11) is 0. The number of carbonyl (C=O) groups excluding carboxylic acids is 1. The third kappa shape index (κ3) is 2.52. The number of alkyl halides is 1. The molecule has 0 spiro atoms. The van der Waals surface area contributed by atoms with E-state index in [1.807, 2.05) is 24.3 Å². The first-order valence-electron chi connectivity index (χ1n) is 6.93. The number of nitrogens with zero attached hydrogens (tertiary/aromatic N) is 1. The Morgan fingerprint density at radius 2 is 2.10 bits per heavy atom. The van der Waals surface area contributed by atoms with E-state index >= 15 is 0 Å². The molecule has 0 aliphatic heterocycles. The fourth-order valence-corrected chi connectivity index (χ4v) is 3.24. The van der Waals surface area contributed by atoms with Crippen LogP contribution in [0.25, 0.3) is 11.0 Å². The molecule has 4 nitrogen and oxygen atoms in total. The van der Waals surface area contributed by atoms with Gasteiger partial charge in [-0.2, -0.15) is 0 Å². The molecule has 3 rings (SSSR count). The van der Waals surface area contributed by atoms with Gasteiger partial charge in [-0.05, 0) is 25.0 Å². The summed E-state index contributed by atoms with van der Waals surface area (Å²) in [4.78, 5) is 12.2. The van der Waals surface area contributed by atoms with Gasteiger partial charge in [-0.25, -0.2) is 0 Å². The van der Waals surface area contributed by atoms with Gasteiger partial charge in [-0.15, -0.1) is 11.6 Å². The largest absolute Gasteiger partial charge is 0.356 e. The summed E-state index contributed by atoms with van der Waals surface area (Å²) >= 11 is 6.04. The van der Waals surface area contributed by atoms with Crippen LogP contribution in [-0.4, -0.2) is 22.5 Å². The molecule has 5 heteroatoms. The van der Waals surface area contributed by atoms with Crippen LogP contribution in [0, 0.1) is 0 Å². The minimum absolute atomic E-state index is 0.0356. The van der Waals surface area contributed by atoms with E-state index in [1.165, 1.54) is 0 Å². The molecule has 1 aromatic heterocycles. The second kappa shape index (κ2) is 5.44. The monoisotopic (exact) mass is 292 g/mol. The number of halogens is 1. The molecule has 2 aromatic rings. The summed E-state index contributed by atoms with van der Waals surface area (Å²) in [6, 6.07) is 7.57. The predicted molar refractivity (Wildman–Crippen MR) is 77.8 cm³/mol. The average Bonchev–Trinajstić information content (AvgIpc) is 3.07. The first kappa shape index (κ1) is 13.4. The lowest BCUT2D eigenvalue weighted by Crippen LogP contribution is -2.48. The van der Waals surface area contributed by atoms with Crippen LogP contribution in [0.1, 0.15) is 31.4 Å². The molecule has 0 atom stereocenters. The van der Waals surface area contributed by atoms with Gasteiger partial charge in [0.15, 0.2) is 5.58 Å². The third-order valence-electron chi connectivity index (χ3n) is 4.00. The zero-order chi connectivity index (χ0) is 14.0. The molecule has 20 heavy (non-hydrogen) atoms. The Balaban J connectivity index is 1.73. The van der Waals surface area contributed by atoms with Crippen LogP contribution in [0.4, 0.5) is 0 Å². The fourth-order valence-electron chi connectivity index (χ4n) is 2.90. The van der Waals surface area contributed by atoms with E-state index in [9.17, 15) is 4.79 Å². The van der Waals surface area contributed by atoms with Crippen molar-refractivity contribution in [3.63, 3.8) is 0 Å². The summed E-state index contributed by atoms with van der Waals surface area (Å²) in [5, 5.41) is 7.98. The van der Waals surface area contributed by atoms with E-state index in [0.29, 0.717) is 17.2 Å². The lowest BCUT2D eigenvalue weighted by molar-refractivity contribution is -0.122. The van der Waals surface area contributed by atoms with Gasteiger partial charge in [-0.3, -0.25) is 4.79 Å². The van der Waals surface area contributed by atoms with Gasteiger partial charge >= 0.3 is 0 Å². The van der Waals surface area contributed by atoms with E-state index < -0.39 is 0 Å². The van der Waals surface area contributed by atoms with E-state index in [0.717, 1.165) is 31.1 Å². The van der Waals surface area contributed by atoms with Crippen LogP contribution in [0.3, 0.4) is 0 Å². The van der Waals surface area contributed by atoms with Gasteiger partial charge in [0.25, 0.3) is 0 Å². The maximum atomic E-state index is 12.2. The van der Waals surface area contributed by atoms with E-state index in [4.69, 9.17) is 16.1 Å². The van der Waals surface area contributed by atoms with Gasteiger partial charge in [0.2, 0.25) is 5.91 Å². The Bertz CT molecular complexity index is 617. The highest BCUT2D eigenvalue weighted by atomic mass is 35.5. The number of hydrogen-bond donors (Lipinski definition) is 1. The zero-order valence-electron chi connectivity index (χ0n) is 11.2. The Morgan fingerprint density at radius 3 is 2.85 bits per heavy atom. The molecule has 0 unspecified atom stereocenters. The molecule has 1 aromatic carbocycles. The fraction of sp³-hybridized carbons (Fsp3) is 0.467. The van der Waals surface area contributed by atoms with Gasteiger partial charge in [0.05, 0.1) is 12.0 Å². The number of benzene rings is 1. The Morgan fingerprint density at radius 1 is 1.35 bits per heavy atom. The summed E-state index contributed by atoms with van der Waals surface area (Å²) in [6.07, 6.45) is 4.40. The van der Waals surface area contributed by atoms with Crippen LogP contribution < -0.4 is 5.32 Å². The average molecular weight is 293 g/mol. The second-order valence-corrected chi connectivity index (χ2v) is 5.74. The Hall–Kier alpha value is -1.55. The van der Waals surface area contributed by atoms with Crippen molar-refractivity contribution in [1.82, 2.24) is 10.5 Å². The molecule has 106 valence electrons. The van der Waals surface area contributed by atoms with Crippen LogP contribution >= 0.6 is 11.6 Å². The molecule has 1 aliphatic carbocycles. The molecule has 0 bridgehead atoms. The molecule has 1 N–H and O–H groups in total. The molecule has 1 saturated carbocycles. The third-order valence-corrected chi connectivity index (χ3v) is 4.51. The highest BCUT2D eigenvalue weighted by molar-refractivity contribution is 6.18. The number of amides is 1. The van der Waals surface area contributed by atoms with E-state index in [2.05, 4.69) is 10.5 Å².